The predicted octanol–water partition coefficient (Wildman–Crippen LogP) is 6.98. The third kappa shape index (κ3) is 4.74. The summed E-state index contributed by atoms with van der Waals surface area (Å²) in [5.74, 6) is 0.496. The predicted molar refractivity (Wildman–Crippen MR) is 143 cm³/mol. The van der Waals surface area contributed by atoms with Gasteiger partial charge in [0, 0.05) is 12.0 Å². The minimum atomic E-state index is -0.280. The lowest BCUT2D eigenvalue weighted by Gasteiger charge is -2.34. The Morgan fingerprint density at radius 2 is 1.74 bits per heavy atom. The molecule has 0 spiro atoms. The number of nitrogens with one attached hydrogen (secondary N) is 1. The molecule has 35 heavy (non-hydrogen) atoms. The van der Waals surface area contributed by atoms with Crippen LogP contribution in [0.5, 0.6) is 0 Å². The Bertz CT molecular complexity index is 1350. The standard InChI is InChI=1S/C32H33NO2/c1-21-15-16-26(32(34)35-3)19-30(21)31-18-23(17-25-10-5-7-13-29(25)31)20-33-22(2)27-14-8-11-24-9-4-6-12-28(24)27/h4-16,19,22-23,31,33H,17-18,20H2,1-3H3/t22-,23-,31?/m1/s1. The summed E-state index contributed by atoms with van der Waals surface area (Å²) in [5.41, 5.74) is 7.21. The van der Waals surface area contributed by atoms with Gasteiger partial charge in [-0.1, -0.05) is 72.8 Å². The van der Waals surface area contributed by atoms with Gasteiger partial charge in [0.2, 0.25) is 0 Å². The highest BCUT2D eigenvalue weighted by Gasteiger charge is 2.29. The summed E-state index contributed by atoms with van der Waals surface area (Å²) in [6.45, 7) is 5.36. The normalized spacial score (nSPS) is 18.1. The van der Waals surface area contributed by atoms with E-state index in [1.165, 1.54) is 45.7 Å². The van der Waals surface area contributed by atoms with Crippen molar-refractivity contribution in [3.8, 4) is 0 Å². The molecule has 1 N–H and O–H groups in total. The topological polar surface area (TPSA) is 38.3 Å². The zero-order chi connectivity index (χ0) is 24.4. The molecule has 0 radical (unpaired) electrons. The highest BCUT2D eigenvalue weighted by Crippen LogP contribution is 2.41. The van der Waals surface area contributed by atoms with Gasteiger partial charge >= 0.3 is 5.97 Å². The first-order valence-corrected chi connectivity index (χ1v) is 12.5. The van der Waals surface area contributed by atoms with E-state index in [0.29, 0.717) is 11.5 Å². The average molecular weight is 464 g/mol. The van der Waals surface area contributed by atoms with Gasteiger partial charge in [0.1, 0.15) is 0 Å². The van der Waals surface area contributed by atoms with Gasteiger partial charge in [0.05, 0.1) is 12.7 Å². The van der Waals surface area contributed by atoms with Gasteiger partial charge in [0.25, 0.3) is 0 Å². The van der Waals surface area contributed by atoms with Crippen molar-refractivity contribution in [2.75, 3.05) is 13.7 Å². The molecule has 4 aromatic rings. The van der Waals surface area contributed by atoms with E-state index < -0.39 is 0 Å². The molecule has 0 heterocycles. The second kappa shape index (κ2) is 10.1. The van der Waals surface area contributed by atoms with Crippen molar-refractivity contribution in [1.82, 2.24) is 5.32 Å². The van der Waals surface area contributed by atoms with Crippen LogP contribution in [0.25, 0.3) is 10.8 Å². The van der Waals surface area contributed by atoms with Crippen LogP contribution in [0.15, 0.2) is 84.9 Å². The smallest absolute Gasteiger partial charge is 0.337 e. The number of aryl methyl sites for hydroxylation is 1. The van der Waals surface area contributed by atoms with Gasteiger partial charge in [-0.3, -0.25) is 0 Å². The molecule has 0 amide bonds. The highest BCUT2D eigenvalue weighted by molar-refractivity contribution is 5.89. The van der Waals surface area contributed by atoms with Gasteiger partial charge in [-0.05, 0) is 89.9 Å². The first-order valence-electron chi connectivity index (χ1n) is 12.5. The zero-order valence-electron chi connectivity index (χ0n) is 20.8. The van der Waals surface area contributed by atoms with E-state index in [2.05, 4.69) is 92.0 Å². The van der Waals surface area contributed by atoms with Crippen LogP contribution < -0.4 is 5.32 Å². The Morgan fingerprint density at radius 3 is 2.60 bits per heavy atom. The maximum atomic E-state index is 12.2. The van der Waals surface area contributed by atoms with Crippen LogP contribution in [-0.2, 0) is 11.2 Å². The molecule has 0 aliphatic heterocycles. The molecule has 1 aliphatic carbocycles. The minimum Gasteiger partial charge on any atom is -0.465 e. The molecule has 0 bridgehead atoms. The molecular weight excluding hydrogens is 430 g/mol. The molecule has 1 unspecified atom stereocenters. The molecule has 1 aliphatic rings. The molecule has 178 valence electrons. The third-order valence-electron chi connectivity index (χ3n) is 7.59. The molecule has 3 nitrogen and oxygen atoms in total. The SMILES string of the molecule is COC(=O)c1ccc(C)c(C2C[C@H](CN[C@H](C)c3cccc4ccccc34)Cc3ccccc32)c1. The van der Waals surface area contributed by atoms with Gasteiger partial charge in [0.15, 0.2) is 0 Å². The summed E-state index contributed by atoms with van der Waals surface area (Å²) < 4.78 is 5.00. The van der Waals surface area contributed by atoms with E-state index >= 15 is 0 Å². The Kier molecular flexibility index (Phi) is 6.70. The number of carbonyl (C=O) groups excluding carboxylic acids is 1. The van der Waals surface area contributed by atoms with Crippen LogP contribution in [0.3, 0.4) is 0 Å². The number of fused-ring (bicyclic) bond motifs is 2. The maximum Gasteiger partial charge on any atom is 0.337 e. The molecule has 0 saturated carbocycles. The van der Waals surface area contributed by atoms with E-state index in [0.717, 1.165) is 19.4 Å². The van der Waals surface area contributed by atoms with Crippen LogP contribution >= 0.6 is 0 Å². The van der Waals surface area contributed by atoms with Crippen molar-refractivity contribution in [3.05, 3.63) is 118 Å². The van der Waals surface area contributed by atoms with Gasteiger partial charge in [-0.15, -0.1) is 0 Å². The Balaban J connectivity index is 1.40. The van der Waals surface area contributed by atoms with Crippen LogP contribution in [0.2, 0.25) is 0 Å². The van der Waals surface area contributed by atoms with Crippen molar-refractivity contribution in [2.45, 2.75) is 38.6 Å². The van der Waals surface area contributed by atoms with E-state index in [4.69, 9.17) is 4.74 Å². The summed E-state index contributed by atoms with van der Waals surface area (Å²) in [5, 5.41) is 6.44. The van der Waals surface area contributed by atoms with Crippen LogP contribution in [0.4, 0.5) is 0 Å². The first kappa shape index (κ1) is 23.3. The molecule has 4 aromatic carbocycles. The maximum absolute atomic E-state index is 12.2. The molecule has 3 heteroatoms. The molecule has 0 fully saturated rings. The van der Waals surface area contributed by atoms with E-state index in [-0.39, 0.29) is 17.9 Å². The number of rotatable bonds is 6. The Hall–Kier alpha value is -3.43. The number of esters is 1. The summed E-state index contributed by atoms with van der Waals surface area (Å²) >= 11 is 0. The molecule has 0 aromatic heterocycles. The summed E-state index contributed by atoms with van der Waals surface area (Å²) in [6, 6.07) is 30.2. The van der Waals surface area contributed by atoms with Crippen LogP contribution in [0, 0.1) is 12.8 Å². The Labute approximate surface area is 208 Å². The van der Waals surface area contributed by atoms with Crippen molar-refractivity contribution in [3.63, 3.8) is 0 Å². The fourth-order valence-electron chi connectivity index (χ4n) is 5.71. The van der Waals surface area contributed by atoms with E-state index in [1.54, 1.807) is 0 Å². The second-order valence-corrected chi connectivity index (χ2v) is 9.82. The second-order valence-electron chi connectivity index (χ2n) is 9.82. The molecular formula is C32H33NO2. The van der Waals surface area contributed by atoms with Crippen LogP contribution in [-0.4, -0.2) is 19.6 Å². The van der Waals surface area contributed by atoms with Gasteiger partial charge < -0.3 is 10.1 Å². The first-order chi connectivity index (χ1) is 17.0. The fraction of sp³-hybridized carbons (Fsp3) is 0.281. The average Bonchev–Trinajstić information content (AvgIpc) is 2.90. The lowest BCUT2D eigenvalue weighted by Crippen LogP contribution is -2.31. The number of benzene rings is 4. The Morgan fingerprint density at radius 1 is 0.971 bits per heavy atom. The summed E-state index contributed by atoms with van der Waals surface area (Å²) in [7, 11) is 1.44. The number of hydrogen-bond donors (Lipinski definition) is 1. The van der Waals surface area contributed by atoms with Crippen molar-refractivity contribution >= 4 is 16.7 Å². The van der Waals surface area contributed by atoms with Crippen molar-refractivity contribution in [1.29, 1.82) is 0 Å². The molecule has 5 rings (SSSR count). The number of methoxy groups -OCH3 is 1. The van der Waals surface area contributed by atoms with Gasteiger partial charge in [-0.2, -0.15) is 0 Å². The molecule has 0 saturated heterocycles. The third-order valence-corrected chi connectivity index (χ3v) is 7.59. The van der Waals surface area contributed by atoms with Crippen molar-refractivity contribution in [2.24, 2.45) is 5.92 Å². The number of ether oxygens (including phenoxy) is 1. The van der Waals surface area contributed by atoms with Crippen LogP contribution in [0.1, 0.15) is 63.5 Å². The number of carbonyl (C=O) groups is 1. The van der Waals surface area contributed by atoms with Crippen molar-refractivity contribution < 1.29 is 9.53 Å². The fourth-order valence-corrected chi connectivity index (χ4v) is 5.71. The monoisotopic (exact) mass is 463 g/mol. The lowest BCUT2D eigenvalue weighted by molar-refractivity contribution is 0.0600. The molecule has 3 atom stereocenters. The van der Waals surface area contributed by atoms with Gasteiger partial charge in [-0.25, -0.2) is 4.79 Å². The van der Waals surface area contributed by atoms with E-state index in [9.17, 15) is 4.79 Å². The van der Waals surface area contributed by atoms with E-state index in [1.807, 2.05) is 12.1 Å². The highest BCUT2D eigenvalue weighted by atomic mass is 16.5. The largest absolute Gasteiger partial charge is 0.465 e. The quantitative estimate of drug-likeness (QED) is 0.314. The lowest BCUT2D eigenvalue weighted by atomic mass is 9.72. The minimum absolute atomic E-state index is 0.265. The number of hydrogen-bond acceptors (Lipinski definition) is 3. The summed E-state index contributed by atoms with van der Waals surface area (Å²) in [6.07, 6.45) is 2.12. The summed E-state index contributed by atoms with van der Waals surface area (Å²) in [4.78, 5) is 12.2. The zero-order valence-corrected chi connectivity index (χ0v) is 20.8.